The predicted molar refractivity (Wildman–Crippen MR) is 69.8 cm³/mol. The van der Waals surface area contributed by atoms with Crippen molar-refractivity contribution < 1.29 is 32.2 Å². The summed E-state index contributed by atoms with van der Waals surface area (Å²) < 4.78 is 56.6. The molecular weight excluding hydrogens is 304 g/mol. The Labute approximate surface area is 122 Å². The Morgan fingerprint density at radius 3 is 2.41 bits per heavy atom. The maximum Gasteiger partial charge on any atom is 0.416 e. The van der Waals surface area contributed by atoms with Crippen molar-refractivity contribution in [2.75, 3.05) is 7.11 Å². The molecule has 0 aliphatic carbocycles. The van der Waals surface area contributed by atoms with Gasteiger partial charge in [0.05, 0.1) is 18.2 Å². The van der Waals surface area contributed by atoms with Crippen LogP contribution in [0.2, 0.25) is 0 Å². The quantitative estimate of drug-likeness (QED) is 0.673. The lowest BCUT2D eigenvalue weighted by molar-refractivity contribution is -0.137. The molecule has 0 radical (unpaired) electrons. The van der Waals surface area contributed by atoms with E-state index in [1.165, 1.54) is 0 Å². The molecule has 2 rings (SSSR count). The van der Waals surface area contributed by atoms with E-state index in [1.807, 2.05) is 0 Å². The van der Waals surface area contributed by atoms with Crippen LogP contribution in [0.4, 0.5) is 17.6 Å². The van der Waals surface area contributed by atoms with Gasteiger partial charge in [0.1, 0.15) is 11.6 Å². The Bertz CT molecular complexity index is 723. The van der Waals surface area contributed by atoms with Crippen molar-refractivity contribution in [1.29, 1.82) is 0 Å². The summed E-state index contributed by atoms with van der Waals surface area (Å²) in [5, 5.41) is 9.42. The standard InChI is InChI=1S/C15H10F4O3/c1-22-14(21)8-2-3-13(16)12(6-8)9-4-10(15(17,18)19)7-11(20)5-9/h2-7,20H,1H3. The highest BCUT2D eigenvalue weighted by atomic mass is 19.4. The molecule has 0 amide bonds. The molecule has 0 atom stereocenters. The molecule has 0 aliphatic heterocycles. The van der Waals surface area contributed by atoms with Gasteiger partial charge in [-0.1, -0.05) is 0 Å². The minimum Gasteiger partial charge on any atom is -0.508 e. The van der Waals surface area contributed by atoms with Crippen molar-refractivity contribution in [3.8, 4) is 16.9 Å². The second kappa shape index (κ2) is 5.67. The Kier molecular flexibility index (Phi) is 4.07. The van der Waals surface area contributed by atoms with Crippen molar-refractivity contribution in [2.24, 2.45) is 0 Å². The molecule has 1 N–H and O–H groups in total. The molecule has 0 fully saturated rings. The zero-order chi connectivity index (χ0) is 16.5. The molecule has 116 valence electrons. The number of phenolic OH excluding ortho intramolecular Hbond substituents is 1. The van der Waals surface area contributed by atoms with Gasteiger partial charge in [0.15, 0.2) is 0 Å². The number of rotatable bonds is 2. The molecule has 0 spiro atoms. The van der Waals surface area contributed by atoms with Gasteiger partial charge in [-0.3, -0.25) is 0 Å². The van der Waals surface area contributed by atoms with E-state index in [-0.39, 0.29) is 16.7 Å². The van der Waals surface area contributed by atoms with Crippen molar-refractivity contribution >= 4 is 5.97 Å². The highest BCUT2D eigenvalue weighted by Gasteiger charge is 2.31. The first-order valence-corrected chi connectivity index (χ1v) is 6.02. The first-order chi connectivity index (χ1) is 10.2. The summed E-state index contributed by atoms with van der Waals surface area (Å²) in [4.78, 5) is 11.4. The van der Waals surface area contributed by atoms with Crippen LogP contribution < -0.4 is 0 Å². The largest absolute Gasteiger partial charge is 0.508 e. The van der Waals surface area contributed by atoms with E-state index in [2.05, 4.69) is 4.74 Å². The molecule has 7 heteroatoms. The predicted octanol–water partition coefficient (Wildman–Crippen LogP) is 4.00. The van der Waals surface area contributed by atoms with Crippen molar-refractivity contribution in [3.63, 3.8) is 0 Å². The number of methoxy groups -OCH3 is 1. The summed E-state index contributed by atoms with van der Waals surface area (Å²) in [6.07, 6.45) is -4.69. The van der Waals surface area contributed by atoms with Crippen molar-refractivity contribution in [3.05, 3.63) is 53.3 Å². The fourth-order valence-electron chi connectivity index (χ4n) is 1.92. The Morgan fingerprint density at radius 1 is 1.14 bits per heavy atom. The van der Waals surface area contributed by atoms with E-state index in [1.54, 1.807) is 0 Å². The highest BCUT2D eigenvalue weighted by Crippen LogP contribution is 2.36. The Balaban J connectivity index is 2.61. The first-order valence-electron chi connectivity index (χ1n) is 6.02. The molecule has 2 aromatic carbocycles. The summed E-state index contributed by atoms with van der Waals surface area (Å²) in [7, 11) is 1.13. The lowest BCUT2D eigenvalue weighted by Gasteiger charge is -2.11. The van der Waals surface area contributed by atoms with Crippen LogP contribution in [0.3, 0.4) is 0 Å². The molecular formula is C15H10F4O3. The molecule has 2 aromatic rings. The SMILES string of the molecule is COC(=O)c1ccc(F)c(-c2cc(O)cc(C(F)(F)F)c2)c1. The first kappa shape index (κ1) is 15.8. The van der Waals surface area contributed by atoms with Gasteiger partial charge in [0, 0.05) is 5.56 Å². The fraction of sp³-hybridized carbons (Fsp3) is 0.133. The third-order valence-corrected chi connectivity index (χ3v) is 2.94. The molecule has 0 saturated carbocycles. The van der Waals surface area contributed by atoms with E-state index in [0.29, 0.717) is 12.1 Å². The zero-order valence-corrected chi connectivity index (χ0v) is 11.2. The van der Waals surface area contributed by atoms with Gasteiger partial charge in [-0.2, -0.15) is 13.2 Å². The molecule has 22 heavy (non-hydrogen) atoms. The minimum atomic E-state index is -4.69. The fourth-order valence-corrected chi connectivity index (χ4v) is 1.92. The number of carbonyl (C=O) groups is 1. The van der Waals surface area contributed by atoms with Gasteiger partial charge in [0.25, 0.3) is 0 Å². The number of ether oxygens (including phenoxy) is 1. The van der Waals surface area contributed by atoms with Crippen LogP contribution in [0.5, 0.6) is 5.75 Å². The average molecular weight is 314 g/mol. The van der Waals surface area contributed by atoms with Crippen LogP contribution in [0.25, 0.3) is 11.1 Å². The number of carbonyl (C=O) groups excluding carboxylic acids is 1. The number of alkyl halides is 3. The summed E-state index contributed by atoms with van der Waals surface area (Å²) in [5.74, 6) is -2.24. The lowest BCUT2D eigenvalue weighted by Crippen LogP contribution is -2.05. The normalized spacial score (nSPS) is 11.3. The van der Waals surface area contributed by atoms with Crippen LogP contribution >= 0.6 is 0 Å². The van der Waals surface area contributed by atoms with E-state index in [4.69, 9.17) is 0 Å². The van der Waals surface area contributed by atoms with Crippen LogP contribution in [0.15, 0.2) is 36.4 Å². The molecule has 0 unspecified atom stereocenters. The van der Waals surface area contributed by atoms with Crippen LogP contribution in [0, 0.1) is 5.82 Å². The smallest absolute Gasteiger partial charge is 0.416 e. The van der Waals surface area contributed by atoms with E-state index in [0.717, 1.165) is 31.4 Å². The highest BCUT2D eigenvalue weighted by molar-refractivity contribution is 5.91. The Morgan fingerprint density at radius 2 is 1.82 bits per heavy atom. The van der Waals surface area contributed by atoms with Gasteiger partial charge < -0.3 is 9.84 Å². The number of hydrogen-bond acceptors (Lipinski definition) is 3. The van der Waals surface area contributed by atoms with Crippen LogP contribution in [-0.2, 0) is 10.9 Å². The van der Waals surface area contributed by atoms with E-state index >= 15 is 0 Å². The molecule has 3 nitrogen and oxygen atoms in total. The van der Waals surface area contributed by atoms with Crippen molar-refractivity contribution in [1.82, 2.24) is 0 Å². The maximum atomic E-state index is 13.9. The summed E-state index contributed by atoms with van der Waals surface area (Å²) in [6, 6.07) is 5.37. The summed E-state index contributed by atoms with van der Waals surface area (Å²) in [6.45, 7) is 0. The molecule has 0 bridgehead atoms. The second-order valence-electron chi connectivity index (χ2n) is 4.45. The van der Waals surface area contributed by atoms with Gasteiger partial charge in [-0.15, -0.1) is 0 Å². The van der Waals surface area contributed by atoms with E-state index < -0.39 is 29.3 Å². The number of aromatic hydroxyl groups is 1. The summed E-state index contributed by atoms with van der Waals surface area (Å²) >= 11 is 0. The van der Waals surface area contributed by atoms with Gasteiger partial charge in [-0.25, -0.2) is 9.18 Å². The van der Waals surface area contributed by atoms with Crippen LogP contribution in [-0.4, -0.2) is 18.2 Å². The number of hydrogen-bond donors (Lipinski definition) is 1. The zero-order valence-electron chi connectivity index (χ0n) is 11.2. The maximum absolute atomic E-state index is 13.9. The number of phenols is 1. The molecule has 0 heterocycles. The number of benzene rings is 2. The average Bonchev–Trinajstić information content (AvgIpc) is 2.45. The third kappa shape index (κ3) is 3.19. The molecule has 0 aliphatic rings. The van der Waals surface area contributed by atoms with Crippen LogP contribution in [0.1, 0.15) is 15.9 Å². The monoisotopic (exact) mass is 314 g/mol. The topological polar surface area (TPSA) is 46.5 Å². The van der Waals surface area contributed by atoms with E-state index in [9.17, 15) is 27.5 Å². The minimum absolute atomic E-state index is 0.0178. The third-order valence-electron chi connectivity index (χ3n) is 2.94. The second-order valence-corrected chi connectivity index (χ2v) is 4.45. The van der Waals surface area contributed by atoms with Gasteiger partial charge in [0.2, 0.25) is 0 Å². The van der Waals surface area contributed by atoms with Gasteiger partial charge >= 0.3 is 12.1 Å². The molecule has 0 saturated heterocycles. The number of esters is 1. The Hall–Kier alpha value is -2.57. The van der Waals surface area contributed by atoms with Crippen molar-refractivity contribution in [2.45, 2.75) is 6.18 Å². The number of halogens is 4. The molecule has 0 aromatic heterocycles. The summed E-state index contributed by atoms with van der Waals surface area (Å²) in [5.41, 5.74) is -1.58. The lowest BCUT2D eigenvalue weighted by atomic mass is 9.99. The van der Waals surface area contributed by atoms with Gasteiger partial charge in [-0.05, 0) is 42.0 Å².